The lowest BCUT2D eigenvalue weighted by Crippen LogP contribution is -2.37. The molecule has 2 aliphatic carbocycles. The Morgan fingerprint density at radius 1 is 1.24 bits per heavy atom. The van der Waals surface area contributed by atoms with Crippen LogP contribution in [-0.2, 0) is 16.1 Å². The zero-order valence-corrected chi connectivity index (χ0v) is 12.0. The summed E-state index contributed by atoms with van der Waals surface area (Å²) in [5.74, 6) is 0.125. The molecule has 0 bridgehead atoms. The molecule has 114 valence electrons. The number of benzene rings is 1. The minimum Gasteiger partial charge on any atom is -0.390 e. The highest BCUT2D eigenvalue weighted by molar-refractivity contribution is 5.84. The Balaban J connectivity index is 1.56. The Hall–Kier alpha value is -1.26. The first kappa shape index (κ1) is 14.7. The largest absolute Gasteiger partial charge is 0.390 e. The molecule has 0 saturated heterocycles. The Morgan fingerprint density at radius 3 is 2.76 bits per heavy atom. The van der Waals surface area contributed by atoms with Gasteiger partial charge in [-0.2, -0.15) is 0 Å². The summed E-state index contributed by atoms with van der Waals surface area (Å²) < 4.78 is 19.4. The van der Waals surface area contributed by atoms with Crippen LogP contribution >= 0.6 is 0 Å². The van der Waals surface area contributed by atoms with Gasteiger partial charge in [0.2, 0.25) is 0 Å². The van der Waals surface area contributed by atoms with Gasteiger partial charge in [-0.15, -0.1) is 0 Å². The van der Waals surface area contributed by atoms with Gasteiger partial charge >= 0.3 is 0 Å². The van der Waals surface area contributed by atoms with Gasteiger partial charge in [-0.25, -0.2) is 4.39 Å². The minimum absolute atomic E-state index is 0.0340. The fourth-order valence-corrected chi connectivity index (χ4v) is 3.71. The number of Topliss-reactive ketones (excluding diaryl/α,β-unsaturated/α-hetero) is 1. The number of rotatable bonds is 4. The van der Waals surface area contributed by atoms with Crippen molar-refractivity contribution in [2.45, 2.75) is 38.1 Å². The van der Waals surface area contributed by atoms with E-state index in [2.05, 4.69) is 0 Å². The number of hydrogen-bond donors (Lipinski definition) is 1. The molecule has 2 fully saturated rings. The predicted molar refractivity (Wildman–Crippen MR) is 76.3 cm³/mol. The van der Waals surface area contributed by atoms with Crippen molar-refractivity contribution in [2.24, 2.45) is 17.8 Å². The summed E-state index contributed by atoms with van der Waals surface area (Å²) in [6, 6.07) is 9.81. The molecular weight excluding hydrogens is 271 g/mol. The van der Waals surface area contributed by atoms with Crippen LogP contribution in [0.5, 0.6) is 0 Å². The third-order valence-electron chi connectivity index (χ3n) is 4.87. The second kappa shape index (κ2) is 6.24. The van der Waals surface area contributed by atoms with E-state index in [0.717, 1.165) is 5.56 Å². The summed E-state index contributed by atoms with van der Waals surface area (Å²) >= 11 is 0. The smallest absolute Gasteiger partial charge is 0.138 e. The molecule has 21 heavy (non-hydrogen) atoms. The highest BCUT2D eigenvalue weighted by Gasteiger charge is 2.48. The maximum Gasteiger partial charge on any atom is 0.138 e. The van der Waals surface area contributed by atoms with E-state index < -0.39 is 12.3 Å². The van der Waals surface area contributed by atoms with Gasteiger partial charge in [0.25, 0.3) is 0 Å². The standard InChI is InChI=1S/C17H21FO3/c18-15-8-13-12(7-17(15)20)6-16(19)14(13)10-21-9-11-4-2-1-3-5-11/h1-5,12-15,17,20H,6-10H2/t12-,13-,14+,15+,17?/m1/s1. The molecule has 2 aliphatic rings. The summed E-state index contributed by atoms with van der Waals surface area (Å²) in [6.45, 7) is 0.835. The molecule has 2 saturated carbocycles. The number of hydrogen-bond acceptors (Lipinski definition) is 3. The normalized spacial score (nSPS) is 35.7. The SMILES string of the molecule is O=C1C[C@@H]2CC(O)[C@@H](F)C[C@H]2[C@@H]1COCc1ccccc1. The van der Waals surface area contributed by atoms with Gasteiger partial charge in [-0.1, -0.05) is 30.3 Å². The number of alkyl halides is 1. The average molecular weight is 292 g/mol. The molecule has 0 amide bonds. The molecule has 0 radical (unpaired) electrons. The summed E-state index contributed by atoms with van der Waals surface area (Å²) in [5.41, 5.74) is 1.07. The first-order valence-electron chi connectivity index (χ1n) is 7.61. The van der Waals surface area contributed by atoms with Crippen molar-refractivity contribution in [3.8, 4) is 0 Å². The molecule has 1 unspecified atom stereocenters. The van der Waals surface area contributed by atoms with Gasteiger partial charge in [0.05, 0.1) is 19.3 Å². The number of fused-ring (bicyclic) bond motifs is 1. The number of carbonyl (C=O) groups excluding carboxylic acids is 1. The number of ketones is 1. The number of aliphatic hydroxyl groups excluding tert-OH is 1. The molecule has 0 aliphatic heterocycles. The van der Waals surface area contributed by atoms with Crippen molar-refractivity contribution in [1.29, 1.82) is 0 Å². The minimum atomic E-state index is -1.20. The summed E-state index contributed by atoms with van der Waals surface area (Å²) in [6.07, 6.45) is -0.936. The van der Waals surface area contributed by atoms with Crippen molar-refractivity contribution < 1.29 is 19.0 Å². The monoisotopic (exact) mass is 292 g/mol. The van der Waals surface area contributed by atoms with Crippen LogP contribution < -0.4 is 0 Å². The molecule has 0 heterocycles. The van der Waals surface area contributed by atoms with Crippen molar-refractivity contribution in [3.05, 3.63) is 35.9 Å². The van der Waals surface area contributed by atoms with Crippen LogP contribution in [0.15, 0.2) is 30.3 Å². The highest BCUT2D eigenvalue weighted by atomic mass is 19.1. The fraction of sp³-hybridized carbons (Fsp3) is 0.588. The molecule has 3 nitrogen and oxygen atoms in total. The summed E-state index contributed by atoms with van der Waals surface area (Å²) in [5, 5.41) is 9.60. The van der Waals surface area contributed by atoms with Crippen LogP contribution in [0.4, 0.5) is 4.39 Å². The number of aliphatic hydroxyl groups is 1. The van der Waals surface area contributed by atoms with Gasteiger partial charge in [0.15, 0.2) is 0 Å². The molecule has 1 aromatic rings. The van der Waals surface area contributed by atoms with Gasteiger partial charge in [-0.05, 0) is 30.2 Å². The quantitative estimate of drug-likeness (QED) is 0.927. The predicted octanol–water partition coefficient (Wildman–Crippen LogP) is 2.52. The molecule has 0 spiro atoms. The Morgan fingerprint density at radius 2 is 2.00 bits per heavy atom. The Labute approximate surface area is 124 Å². The van der Waals surface area contributed by atoms with Crippen molar-refractivity contribution in [2.75, 3.05) is 6.61 Å². The van der Waals surface area contributed by atoms with E-state index in [-0.39, 0.29) is 30.0 Å². The maximum absolute atomic E-state index is 13.7. The van der Waals surface area contributed by atoms with Gasteiger partial charge in [0, 0.05) is 12.3 Å². The number of ether oxygens (including phenoxy) is 1. The second-order valence-electron chi connectivity index (χ2n) is 6.26. The van der Waals surface area contributed by atoms with Gasteiger partial charge in [-0.3, -0.25) is 4.79 Å². The lowest BCUT2D eigenvalue weighted by molar-refractivity contribution is -0.123. The molecule has 0 aromatic heterocycles. The topological polar surface area (TPSA) is 46.5 Å². The van der Waals surface area contributed by atoms with Crippen molar-refractivity contribution >= 4 is 5.78 Å². The van der Waals surface area contributed by atoms with E-state index in [1.807, 2.05) is 30.3 Å². The van der Waals surface area contributed by atoms with Crippen LogP contribution in [0.3, 0.4) is 0 Å². The third-order valence-corrected chi connectivity index (χ3v) is 4.87. The lowest BCUT2D eigenvalue weighted by atomic mass is 9.76. The fourth-order valence-electron chi connectivity index (χ4n) is 3.71. The van der Waals surface area contributed by atoms with Gasteiger partial charge < -0.3 is 9.84 Å². The number of halogens is 1. The molecular formula is C17H21FO3. The first-order valence-corrected chi connectivity index (χ1v) is 7.61. The van der Waals surface area contributed by atoms with Crippen LogP contribution in [0.2, 0.25) is 0 Å². The lowest BCUT2D eigenvalue weighted by Gasteiger charge is -2.33. The second-order valence-corrected chi connectivity index (χ2v) is 6.26. The molecule has 5 atom stereocenters. The van der Waals surface area contributed by atoms with Crippen molar-refractivity contribution in [1.82, 2.24) is 0 Å². The zero-order valence-electron chi connectivity index (χ0n) is 12.0. The van der Waals surface area contributed by atoms with Crippen LogP contribution in [-0.4, -0.2) is 29.8 Å². The van der Waals surface area contributed by atoms with E-state index in [4.69, 9.17) is 4.74 Å². The molecule has 3 rings (SSSR count). The molecule has 1 aromatic carbocycles. The van der Waals surface area contributed by atoms with Crippen molar-refractivity contribution in [3.63, 3.8) is 0 Å². The van der Waals surface area contributed by atoms with Crippen LogP contribution in [0.1, 0.15) is 24.8 Å². The van der Waals surface area contributed by atoms with E-state index in [9.17, 15) is 14.3 Å². The maximum atomic E-state index is 13.7. The molecule has 4 heteroatoms. The van der Waals surface area contributed by atoms with E-state index in [1.54, 1.807) is 0 Å². The molecule has 1 N–H and O–H groups in total. The van der Waals surface area contributed by atoms with E-state index >= 15 is 0 Å². The number of carbonyl (C=O) groups is 1. The third kappa shape index (κ3) is 3.16. The Bertz CT molecular complexity index is 490. The van der Waals surface area contributed by atoms with Crippen LogP contribution in [0.25, 0.3) is 0 Å². The zero-order chi connectivity index (χ0) is 14.8. The van der Waals surface area contributed by atoms with E-state index in [0.29, 0.717) is 26.1 Å². The van der Waals surface area contributed by atoms with Crippen LogP contribution in [0, 0.1) is 17.8 Å². The highest BCUT2D eigenvalue weighted by Crippen LogP contribution is 2.45. The summed E-state index contributed by atoms with van der Waals surface area (Å²) in [7, 11) is 0. The summed E-state index contributed by atoms with van der Waals surface area (Å²) in [4.78, 5) is 12.1. The Kier molecular flexibility index (Phi) is 4.36. The first-order chi connectivity index (χ1) is 10.1. The van der Waals surface area contributed by atoms with E-state index in [1.165, 1.54) is 0 Å². The average Bonchev–Trinajstić information content (AvgIpc) is 2.76. The van der Waals surface area contributed by atoms with Gasteiger partial charge in [0.1, 0.15) is 12.0 Å².